The zero-order valence-electron chi connectivity index (χ0n) is 31.0. The molecule has 298 valence electrons. The van der Waals surface area contributed by atoms with Crippen LogP contribution < -0.4 is 115 Å². The molecule has 58 heavy (non-hydrogen) atoms. The molecule has 0 spiro atoms. The van der Waals surface area contributed by atoms with Crippen LogP contribution in [0.5, 0.6) is 0 Å². The Balaban J connectivity index is 0.00000561. The van der Waals surface area contributed by atoms with Crippen LogP contribution in [0.4, 0.5) is 40.6 Å². The number of aliphatic imine (C=N–C) groups is 1. The Bertz CT molecular complexity index is 2400. The summed E-state index contributed by atoms with van der Waals surface area (Å²) in [5.74, 6) is 0.165. The molecule has 4 rings (SSSR count). The van der Waals surface area contributed by atoms with Gasteiger partial charge in [0.25, 0.3) is 10.1 Å². The summed E-state index contributed by atoms with van der Waals surface area (Å²) in [5.41, 5.74) is 4.23. The number of ether oxygens (including phenoxy) is 2. The summed E-state index contributed by atoms with van der Waals surface area (Å²) in [5, 5.41) is 44.9. The molecular weight excluding hydrogens is 866 g/mol. The number of benzene rings is 3. The van der Waals surface area contributed by atoms with E-state index < -0.39 is 67.5 Å². The molecule has 0 saturated carbocycles. The van der Waals surface area contributed by atoms with Gasteiger partial charge in [0.1, 0.15) is 36.5 Å². The first-order valence-electron chi connectivity index (χ1n) is 15.3. The van der Waals surface area contributed by atoms with Gasteiger partial charge in [-0.1, -0.05) is 0 Å². The minimum atomic E-state index is -5.48. The van der Waals surface area contributed by atoms with Crippen molar-refractivity contribution in [2.75, 3.05) is 68.7 Å². The average Bonchev–Trinajstić information content (AvgIpc) is 3.08. The number of hydrogen-bond donors (Lipinski definition) is 7. The topological polar surface area (TPSA) is 389 Å². The molecule has 1 aromatic heterocycles. The summed E-state index contributed by atoms with van der Waals surface area (Å²) in [7, 11) is -16.0. The molecule has 4 aromatic rings. The van der Waals surface area contributed by atoms with Crippen molar-refractivity contribution in [2.45, 2.75) is 14.7 Å². The van der Waals surface area contributed by atoms with Gasteiger partial charge in [0.05, 0.1) is 61.1 Å². The Morgan fingerprint density at radius 3 is 1.76 bits per heavy atom. The molecule has 24 nitrogen and oxygen atoms in total. The first-order chi connectivity index (χ1) is 25.9. The fraction of sp³-hybridized carbons (Fsp3) is 0.286. The van der Waals surface area contributed by atoms with Crippen LogP contribution in [0.3, 0.4) is 0 Å². The molecule has 0 unspecified atom stereocenters. The van der Waals surface area contributed by atoms with Crippen LogP contribution in [0.1, 0.15) is 0 Å². The van der Waals surface area contributed by atoms with E-state index in [0.29, 0.717) is 24.3 Å². The number of fused-ring (bicyclic) bond motifs is 1. The van der Waals surface area contributed by atoms with Gasteiger partial charge >= 0.3 is 88.7 Å². The zero-order valence-corrected chi connectivity index (χ0v) is 39.5. The molecular formula is C28H31N10Na3O14S3. The van der Waals surface area contributed by atoms with E-state index in [1.807, 2.05) is 0 Å². The van der Waals surface area contributed by atoms with Crippen LogP contribution in [0.15, 0.2) is 72.4 Å². The average molecular weight is 897 g/mol. The fourth-order valence-electron chi connectivity index (χ4n) is 4.48. The van der Waals surface area contributed by atoms with Crippen LogP contribution in [0.25, 0.3) is 10.8 Å². The number of aromatic nitrogens is 3. The van der Waals surface area contributed by atoms with Crippen molar-refractivity contribution in [3.05, 3.63) is 42.5 Å². The molecule has 0 aliphatic rings. The Hall–Kier alpha value is -2.23. The van der Waals surface area contributed by atoms with Gasteiger partial charge in [-0.2, -0.15) is 23.4 Å². The summed E-state index contributed by atoms with van der Waals surface area (Å²) < 4.78 is 116. The number of hydrogen-bond acceptors (Lipinski definition) is 22. The molecule has 0 aliphatic heterocycles. The second-order valence-electron chi connectivity index (χ2n) is 10.7. The van der Waals surface area contributed by atoms with E-state index in [4.69, 9.17) is 25.4 Å². The molecule has 0 amide bonds. The van der Waals surface area contributed by atoms with Crippen LogP contribution in [-0.2, 0) is 39.8 Å². The summed E-state index contributed by atoms with van der Waals surface area (Å²) in [6.45, 7) is 0.819. The molecule has 1 heterocycles. The SMILES string of the molecule is NC([O-])=Nc1cc(Nc2nc(NCCOCCO)nc(NCCOCCO)n2)ccc1N=Nc1cc2c(S(=O)(=O)[O-])cc(S(=O)(=O)[O-])cc2cc1S(=O)(=O)O.[Na+].[Na+].[Na+]. The smallest absolute Gasteiger partial charge is 0.846 e. The molecule has 0 bridgehead atoms. The van der Waals surface area contributed by atoms with Gasteiger partial charge in [0.2, 0.25) is 17.8 Å². The third kappa shape index (κ3) is 16.3. The number of azo groups is 1. The molecule has 8 N–H and O–H groups in total. The second-order valence-corrected chi connectivity index (χ2v) is 14.8. The molecule has 3 aromatic carbocycles. The minimum Gasteiger partial charge on any atom is -0.846 e. The van der Waals surface area contributed by atoms with Crippen molar-refractivity contribution in [2.24, 2.45) is 21.0 Å². The number of rotatable bonds is 20. The molecule has 30 heteroatoms. The first-order valence-corrected chi connectivity index (χ1v) is 19.6. The van der Waals surface area contributed by atoms with Crippen molar-refractivity contribution >= 4 is 87.7 Å². The normalized spacial score (nSPS) is 12.1. The number of anilines is 4. The predicted octanol–water partition coefficient (Wildman–Crippen LogP) is -9.60. The first kappa shape index (κ1) is 53.8. The van der Waals surface area contributed by atoms with Gasteiger partial charge in [-0.15, -0.1) is 10.2 Å². The Morgan fingerprint density at radius 1 is 0.707 bits per heavy atom. The number of aliphatic hydroxyl groups excluding tert-OH is 2. The number of nitrogens with two attached hydrogens (primary N) is 1. The van der Waals surface area contributed by atoms with Crippen LogP contribution in [-0.4, -0.2) is 123 Å². The maximum Gasteiger partial charge on any atom is 1.00 e. The van der Waals surface area contributed by atoms with Gasteiger partial charge in [-0.05, 0) is 47.9 Å². The van der Waals surface area contributed by atoms with E-state index in [9.17, 15) is 44.0 Å². The standard InChI is InChI=1S/C28H34N10O14S3.3Na/c29-25(41)33-21-13-17(32-28-35-26(30-3-7-51-9-5-39)34-27(36-28)31-4-8-52-10-6-40)1-2-20(21)37-38-22-15-19-16(12-24(22)55(48,49)50)11-18(53(42,43)44)14-23(19)54(45,46)47;;;/h1-2,11-15,39-40H,3-10H2,(H3,29,33,41)(H,42,43,44)(H,45,46,47)(H,48,49,50)(H3,30,31,32,34,35,36);;;/q;3*+1/p-3. The van der Waals surface area contributed by atoms with Crippen LogP contribution in [0.2, 0.25) is 0 Å². The van der Waals surface area contributed by atoms with Crippen molar-refractivity contribution in [3.8, 4) is 0 Å². The van der Waals surface area contributed by atoms with Gasteiger partial charge in [-0.25, -0.2) is 21.8 Å². The van der Waals surface area contributed by atoms with Gasteiger partial charge in [-0.3, -0.25) is 4.55 Å². The van der Waals surface area contributed by atoms with E-state index in [0.717, 1.165) is 0 Å². The third-order valence-corrected chi connectivity index (χ3v) is 9.27. The van der Waals surface area contributed by atoms with E-state index in [1.54, 1.807) is 0 Å². The number of nitrogens with one attached hydrogen (secondary N) is 3. The number of aliphatic hydroxyl groups is 2. The van der Waals surface area contributed by atoms with Crippen molar-refractivity contribution < 1.29 is 152 Å². The van der Waals surface area contributed by atoms with E-state index in [-0.39, 0.29) is 176 Å². The van der Waals surface area contributed by atoms with Gasteiger partial charge in [0.15, 0.2) is 0 Å². The van der Waals surface area contributed by atoms with Gasteiger partial charge in [0, 0.05) is 24.2 Å². The molecule has 0 fully saturated rings. The van der Waals surface area contributed by atoms with E-state index in [1.165, 1.54) is 18.2 Å². The summed E-state index contributed by atoms with van der Waals surface area (Å²) in [6, 6.07) is 4.83. The van der Waals surface area contributed by atoms with Crippen molar-refractivity contribution in [1.82, 2.24) is 15.0 Å². The molecule has 0 atom stereocenters. The quantitative estimate of drug-likeness (QED) is 0.0108. The Morgan fingerprint density at radius 2 is 1.26 bits per heavy atom. The molecule has 0 aliphatic carbocycles. The van der Waals surface area contributed by atoms with Crippen LogP contribution >= 0.6 is 0 Å². The summed E-state index contributed by atoms with van der Waals surface area (Å²) >= 11 is 0. The fourth-order valence-corrected chi connectivity index (χ4v) is 6.44. The van der Waals surface area contributed by atoms with E-state index in [2.05, 4.69) is 46.1 Å². The Kier molecular flexibility index (Phi) is 22.5. The number of nitrogens with zero attached hydrogens (tertiary/aromatic N) is 6. The third-order valence-electron chi connectivity index (χ3n) is 6.70. The van der Waals surface area contributed by atoms with Gasteiger partial charge < -0.3 is 55.6 Å². The van der Waals surface area contributed by atoms with Crippen molar-refractivity contribution in [3.63, 3.8) is 0 Å². The number of amidine groups is 1. The molecule has 0 radical (unpaired) electrons. The van der Waals surface area contributed by atoms with E-state index >= 15 is 0 Å². The maximum atomic E-state index is 12.3. The van der Waals surface area contributed by atoms with Crippen molar-refractivity contribution in [1.29, 1.82) is 0 Å². The minimum absolute atomic E-state index is 0. The summed E-state index contributed by atoms with van der Waals surface area (Å²) in [4.78, 5) is 13.1. The Labute approximate surface area is 397 Å². The second kappa shape index (κ2) is 24.3. The largest absolute Gasteiger partial charge is 1.00 e. The monoisotopic (exact) mass is 896 g/mol. The predicted molar refractivity (Wildman–Crippen MR) is 187 cm³/mol. The zero-order chi connectivity index (χ0) is 40.4. The molecule has 0 saturated heterocycles. The maximum absolute atomic E-state index is 12.3. The van der Waals surface area contributed by atoms with Crippen LogP contribution in [0, 0.1) is 0 Å². The summed E-state index contributed by atoms with van der Waals surface area (Å²) in [6.07, 6.45) is 0.